The molecule has 1 aromatic carbocycles. The topological polar surface area (TPSA) is 55.6 Å². The van der Waals surface area contributed by atoms with E-state index >= 15 is 0 Å². The molecule has 0 aromatic heterocycles. The summed E-state index contributed by atoms with van der Waals surface area (Å²) < 4.78 is 5.69. The summed E-state index contributed by atoms with van der Waals surface area (Å²) in [7, 11) is 0. The summed E-state index contributed by atoms with van der Waals surface area (Å²) in [6.07, 6.45) is 5.15. The Morgan fingerprint density at radius 2 is 2.29 bits per heavy atom. The summed E-state index contributed by atoms with van der Waals surface area (Å²) in [5.74, 6) is 0.203. The smallest absolute Gasteiger partial charge is 0.222 e. The van der Waals surface area contributed by atoms with Crippen molar-refractivity contribution in [2.45, 2.75) is 51.7 Å². The van der Waals surface area contributed by atoms with Crippen LogP contribution in [0.1, 0.15) is 44.6 Å². The van der Waals surface area contributed by atoms with E-state index in [4.69, 9.17) is 10.5 Å². The van der Waals surface area contributed by atoms with Crippen molar-refractivity contribution in [1.82, 2.24) is 4.90 Å². The maximum absolute atomic E-state index is 12.3. The van der Waals surface area contributed by atoms with Gasteiger partial charge >= 0.3 is 0 Å². The van der Waals surface area contributed by atoms with Gasteiger partial charge in [-0.2, -0.15) is 0 Å². The fraction of sp³-hybridized carbons (Fsp3) is 0.588. The molecule has 1 amide bonds. The second-order valence-corrected chi connectivity index (χ2v) is 5.68. The van der Waals surface area contributed by atoms with Crippen molar-refractivity contribution in [3.05, 3.63) is 29.8 Å². The molecule has 1 aromatic rings. The Morgan fingerprint density at radius 1 is 1.43 bits per heavy atom. The fourth-order valence-corrected chi connectivity index (χ4v) is 2.77. The van der Waals surface area contributed by atoms with Crippen LogP contribution < -0.4 is 5.73 Å². The molecule has 1 fully saturated rings. The molecule has 21 heavy (non-hydrogen) atoms. The van der Waals surface area contributed by atoms with Crippen LogP contribution in [0.15, 0.2) is 24.3 Å². The number of carbonyl (C=O) groups is 1. The Balaban J connectivity index is 1.83. The van der Waals surface area contributed by atoms with Crippen LogP contribution in [0.5, 0.6) is 0 Å². The molecule has 1 saturated heterocycles. The summed E-state index contributed by atoms with van der Waals surface area (Å²) in [4.78, 5) is 14.2. The molecule has 1 aliphatic rings. The lowest BCUT2D eigenvalue weighted by Crippen LogP contribution is -2.31. The van der Waals surface area contributed by atoms with Crippen molar-refractivity contribution in [3.8, 4) is 0 Å². The third-order valence-corrected chi connectivity index (χ3v) is 4.01. The molecule has 1 atom stereocenters. The van der Waals surface area contributed by atoms with Gasteiger partial charge < -0.3 is 15.4 Å². The molecule has 116 valence electrons. The highest BCUT2D eigenvalue weighted by molar-refractivity contribution is 5.76. The standard InChI is InChI=1S/C17H26N2O2/c1-2-19(13-14-6-5-7-15(18)12-14)17(20)10-9-16-8-3-4-11-21-16/h5-7,12,16H,2-4,8-11,13,18H2,1H3. The predicted molar refractivity (Wildman–Crippen MR) is 84.8 cm³/mol. The Kier molecular flexibility index (Phi) is 6.05. The number of carbonyl (C=O) groups excluding carboxylic acids is 1. The van der Waals surface area contributed by atoms with Gasteiger partial charge in [-0.25, -0.2) is 0 Å². The molecule has 0 radical (unpaired) electrons. The van der Waals surface area contributed by atoms with Gasteiger partial charge in [-0.05, 0) is 50.3 Å². The molecule has 0 saturated carbocycles. The average molecular weight is 290 g/mol. The highest BCUT2D eigenvalue weighted by Gasteiger charge is 2.18. The summed E-state index contributed by atoms with van der Waals surface area (Å²) in [6, 6.07) is 7.73. The number of nitrogens with two attached hydrogens (primary N) is 1. The average Bonchev–Trinajstić information content (AvgIpc) is 2.51. The van der Waals surface area contributed by atoms with Gasteiger partial charge in [0.05, 0.1) is 6.10 Å². The van der Waals surface area contributed by atoms with E-state index in [-0.39, 0.29) is 12.0 Å². The van der Waals surface area contributed by atoms with Crippen LogP contribution in [0.3, 0.4) is 0 Å². The minimum atomic E-state index is 0.203. The number of nitrogen functional groups attached to an aromatic ring is 1. The first kappa shape index (κ1) is 15.8. The third kappa shape index (κ3) is 5.05. The number of nitrogens with zero attached hydrogens (tertiary/aromatic N) is 1. The SMILES string of the molecule is CCN(Cc1cccc(N)c1)C(=O)CCC1CCCCO1. The lowest BCUT2D eigenvalue weighted by Gasteiger charge is -2.25. The largest absolute Gasteiger partial charge is 0.399 e. The van der Waals surface area contributed by atoms with Crippen LogP contribution in [-0.4, -0.2) is 30.1 Å². The first-order valence-electron chi connectivity index (χ1n) is 7.93. The van der Waals surface area contributed by atoms with E-state index in [1.807, 2.05) is 36.1 Å². The summed E-state index contributed by atoms with van der Waals surface area (Å²) in [5, 5.41) is 0. The maximum Gasteiger partial charge on any atom is 0.222 e. The molecule has 4 heteroatoms. The maximum atomic E-state index is 12.3. The Morgan fingerprint density at radius 3 is 2.95 bits per heavy atom. The lowest BCUT2D eigenvalue weighted by molar-refractivity contribution is -0.132. The number of hydrogen-bond donors (Lipinski definition) is 1. The first-order valence-corrected chi connectivity index (χ1v) is 7.93. The Hall–Kier alpha value is -1.55. The second-order valence-electron chi connectivity index (χ2n) is 5.68. The Bertz CT molecular complexity index is 456. The zero-order chi connectivity index (χ0) is 15.1. The van der Waals surface area contributed by atoms with E-state index in [0.29, 0.717) is 13.0 Å². The monoisotopic (exact) mass is 290 g/mol. The number of anilines is 1. The van der Waals surface area contributed by atoms with Crippen molar-refractivity contribution >= 4 is 11.6 Å². The van der Waals surface area contributed by atoms with E-state index in [0.717, 1.165) is 43.7 Å². The zero-order valence-electron chi connectivity index (χ0n) is 12.9. The molecule has 2 rings (SSSR count). The Labute approximate surface area is 127 Å². The number of rotatable bonds is 6. The van der Waals surface area contributed by atoms with Gasteiger partial charge in [-0.1, -0.05) is 12.1 Å². The van der Waals surface area contributed by atoms with Crippen LogP contribution in [0, 0.1) is 0 Å². The summed E-state index contributed by atoms with van der Waals surface area (Å²) >= 11 is 0. The third-order valence-electron chi connectivity index (χ3n) is 4.01. The first-order chi connectivity index (χ1) is 10.2. The molecule has 1 heterocycles. The number of benzene rings is 1. The van der Waals surface area contributed by atoms with Crippen LogP contribution in [0.4, 0.5) is 5.69 Å². The van der Waals surface area contributed by atoms with E-state index < -0.39 is 0 Å². The van der Waals surface area contributed by atoms with E-state index in [2.05, 4.69) is 0 Å². The van der Waals surface area contributed by atoms with Crippen molar-refractivity contribution in [2.24, 2.45) is 0 Å². The molecule has 1 unspecified atom stereocenters. The van der Waals surface area contributed by atoms with E-state index in [9.17, 15) is 4.79 Å². The summed E-state index contributed by atoms with van der Waals surface area (Å²) in [5.41, 5.74) is 7.61. The molecular weight excluding hydrogens is 264 g/mol. The zero-order valence-corrected chi connectivity index (χ0v) is 12.9. The summed E-state index contributed by atoms with van der Waals surface area (Å²) in [6.45, 7) is 4.21. The van der Waals surface area contributed by atoms with Gasteiger partial charge in [0.25, 0.3) is 0 Å². The number of amides is 1. The normalized spacial score (nSPS) is 18.4. The molecule has 0 spiro atoms. The fourth-order valence-electron chi connectivity index (χ4n) is 2.77. The number of hydrogen-bond acceptors (Lipinski definition) is 3. The molecular formula is C17H26N2O2. The molecule has 0 aliphatic carbocycles. The van der Waals surface area contributed by atoms with E-state index in [1.54, 1.807) is 0 Å². The van der Waals surface area contributed by atoms with E-state index in [1.165, 1.54) is 6.42 Å². The van der Waals surface area contributed by atoms with Gasteiger partial charge in [0.2, 0.25) is 5.91 Å². The minimum Gasteiger partial charge on any atom is -0.399 e. The van der Waals surface area contributed by atoms with Gasteiger partial charge in [0.1, 0.15) is 0 Å². The molecule has 2 N–H and O–H groups in total. The van der Waals surface area contributed by atoms with Gasteiger partial charge in [-0.3, -0.25) is 4.79 Å². The predicted octanol–water partition coefficient (Wildman–Crippen LogP) is 2.97. The molecule has 1 aliphatic heterocycles. The highest BCUT2D eigenvalue weighted by atomic mass is 16.5. The van der Waals surface area contributed by atoms with Crippen molar-refractivity contribution < 1.29 is 9.53 Å². The van der Waals surface area contributed by atoms with Gasteiger partial charge in [0, 0.05) is 31.8 Å². The molecule has 4 nitrogen and oxygen atoms in total. The second kappa shape index (κ2) is 8.03. The van der Waals surface area contributed by atoms with Crippen LogP contribution in [0.2, 0.25) is 0 Å². The van der Waals surface area contributed by atoms with Crippen molar-refractivity contribution in [3.63, 3.8) is 0 Å². The van der Waals surface area contributed by atoms with Gasteiger partial charge in [0.15, 0.2) is 0 Å². The van der Waals surface area contributed by atoms with Crippen molar-refractivity contribution in [2.75, 3.05) is 18.9 Å². The highest BCUT2D eigenvalue weighted by Crippen LogP contribution is 2.18. The lowest BCUT2D eigenvalue weighted by atomic mass is 10.0. The van der Waals surface area contributed by atoms with Crippen LogP contribution in [-0.2, 0) is 16.1 Å². The minimum absolute atomic E-state index is 0.203. The quantitative estimate of drug-likeness (QED) is 0.819. The number of ether oxygens (including phenoxy) is 1. The van der Waals surface area contributed by atoms with Crippen LogP contribution >= 0.6 is 0 Å². The van der Waals surface area contributed by atoms with Crippen LogP contribution in [0.25, 0.3) is 0 Å². The molecule has 0 bridgehead atoms. The van der Waals surface area contributed by atoms with Gasteiger partial charge in [-0.15, -0.1) is 0 Å². The van der Waals surface area contributed by atoms with Crippen molar-refractivity contribution in [1.29, 1.82) is 0 Å².